The maximum absolute atomic E-state index is 13.7. The zero-order valence-electron chi connectivity index (χ0n) is 19.7. The number of ether oxygens (including phenoxy) is 1. The number of fused-ring (bicyclic) bond motifs is 1. The number of aromatic nitrogens is 6. The molecule has 1 aromatic carbocycles. The molecule has 0 spiro atoms. The molecular weight excluding hydrogens is 451 g/mol. The van der Waals surface area contributed by atoms with Gasteiger partial charge in [0.1, 0.15) is 5.82 Å². The number of amides is 1. The molecule has 5 rings (SSSR count). The Labute approximate surface area is 200 Å². The Morgan fingerprint density at radius 3 is 2.71 bits per heavy atom. The Kier molecular flexibility index (Phi) is 5.59. The van der Waals surface area contributed by atoms with E-state index < -0.39 is 0 Å². The maximum Gasteiger partial charge on any atom is 0.257 e. The van der Waals surface area contributed by atoms with Gasteiger partial charge in [0.05, 0.1) is 55.1 Å². The van der Waals surface area contributed by atoms with Crippen molar-refractivity contribution in [2.45, 2.75) is 19.9 Å². The first-order valence-corrected chi connectivity index (χ1v) is 10.9. The average Bonchev–Trinajstić information content (AvgIpc) is 3.38. The minimum Gasteiger partial charge on any atom is -0.494 e. The van der Waals surface area contributed by atoms with E-state index in [1.54, 1.807) is 39.1 Å². The van der Waals surface area contributed by atoms with E-state index in [2.05, 4.69) is 25.7 Å². The molecule has 35 heavy (non-hydrogen) atoms. The molecule has 0 radical (unpaired) electrons. The van der Waals surface area contributed by atoms with Gasteiger partial charge >= 0.3 is 0 Å². The zero-order valence-corrected chi connectivity index (χ0v) is 19.7. The van der Waals surface area contributed by atoms with Crippen LogP contribution in [0.4, 0.5) is 15.8 Å². The van der Waals surface area contributed by atoms with Crippen molar-refractivity contribution < 1.29 is 13.9 Å². The number of carbonyl (C=O) groups is 1. The fourth-order valence-electron chi connectivity index (χ4n) is 4.13. The molecule has 1 aliphatic heterocycles. The quantitative estimate of drug-likeness (QED) is 0.454. The predicted molar refractivity (Wildman–Crippen MR) is 126 cm³/mol. The number of nitrogens with zero attached hydrogens (tertiary/aromatic N) is 7. The number of nitrogens with one attached hydrogen (secondary N) is 1. The van der Waals surface area contributed by atoms with Crippen molar-refractivity contribution in [3.8, 4) is 17.1 Å². The average molecular weight is 475 g/mol. The largest absolute Gasteiger partial charge is 0.494 e. The summed E-state index contributed by atoms with van der Waals surface area (Å²) in [5.74, 6) is 0.460. The van der Waals surface area contributed by atoms with Gasteiger partial charge < -0.3 is 15.0 Å². The zero-order chi connectivity index (χ0) is 24.7. The highest BCUT2D eigenvalue weighted by Gasteiger charge is 2.30. The topological polar surface area (TPSA) is 111 Å². The van der Waals surface area contributed by atoms with Crippen molar-refractivity contribution in [1.29, 1.82) is 0 Å². The lowest BCUT2D eigenvalue weighted by molar-refractivity contribution is 0.0817. The van der Waals surface area contributed by atoms with Crippen LogP contribution in [0.25, 0.3) is 11.4 Å². The van der Waals surface area contributed by atoms with Gasteiger partial charge in [-0.15, -0.1) is 10.2 Å². The number of carbonyl (C=O) groups excluding carboxylic acids is 1. The van der Waals surface area contributed by atoms with Crippen LogP contribution in [0.2, 0.25) is 0 Å². The molecule has 10 nitrogen and oxygen atoms in total. The molecule has 0 bridgehead atoms. The SMILES string of the molecule is COc1c(Nc2cc(Cc3cc(C)c(F)cn3)nc3c2C(=O)N(C)C3)cccc1-c1nnn(C)n1. The molecule has 0 atom stereocenters. The lowest BCUT2D eigenvalue weighted by Gasteiger charge is -2.16. The van der Waals surface area contributed by atoms with Gasteiger partial charge in [-0.05, 0) is 42.0 Å². The summed E-state index contributed by atoms with van der Waals surface area (Å²) in [7, 11) is 4.98. The molecular formula is C24H23FN8O2. The third kappa shape index (κ3) is 4.16. The summed E-state index contributed by atoms with van der Waals surface area (Å²) in [4.78, 5) is 24.8. The van der Waals surface area contributed by atoms with Crippen molar-refractivity contribution in [3.05, 3.63) is 70.6 Å². The molecule has 1 aliphatic rings. The van der Waals surface area contributed by atoms with Crippen molar-refractivity contribution in [2.24, 2.45) is 7.05 Å². The van der Waals surface area contributed by atoms with Crippen LogP contribution in [0.3, 0.4) is 0 Å². The number of aryl methyl sites for hydroxylation is 2. The lowest BCUT2D eigenvalue weighted by Crippen LogP contribution is -2.18. The molecule has 11 heteroatoms. The van der Waals surface area contributed by atoms with E-state index in [9.17, 15) is 9.18 Å². The van der Waals surface area contributed by atoms with Gasteiger partial charge in [0.15, 0.2) is 5.75 Å². The van der Waals surface area contributed by atoms with Crippen molar-refractivity contribution in [3.63, 3.8) is 0 Å². The Morgan fingerprint density at radius 2 is 2.00 bits per heavy atom. The first-order chi connectivity index (χ1) is 16.8. The van der Waals surface area contributed by atoms with E-state index in [1.807, 2.05) is 24.3 Å². The molecule has 0 saturated carbocycles. The van der Waals surface area contributed by atoms with Crippen LogP contribution < -0.4 is 10.1 Å². The minimum atomic E-state index is -0.352. The molecule has 1 amide bonds. The molecule has 0 aliphatic carbocycles. The number of hydrogen-bond donors (Lipinski definition) is 1. The van der Waals surface area contributed by atoms with Crippen LogP contribution in [0.15, 0.2) is 36.5 Å². The van der Waals surface area contributed by atoms with E-state index in [0.717, 1.165) is 0 Å². The molecule has 4 heterocycles. The summed E-state index contributed by atoms with van der Waals surface area (Å²) in [5.41, 5.74) is 4.98. The van der Waals surface area contributed by atoms with Crippen molar-refractivity contribution in [2.75, 3.05) is 19.5 Å². The molecule has 0 unspecified atom stereocenters. The number of para-hydroxylation sites is 1. The maximum atomic E-state index is 13.7. The second-order valence-corrected chi connectivity index (χ2v) is 8.36. The van der Waals surface area contributed by atoms with Gasteiger partial charge in [-0.3, -0.25) is 14.8 Å². The second kappa shape index (κ2) is 8.75. The minimum absolute atomic E-state index is 0.122. The fraction of sp³-hybridized carbons (Fsp3) is 0.250. The summed E-state index contributed by atoms with van der Waals surface area (Å²) in [5, 5.41) is 15.6. The van der Waals surface area contributed by atoms with E-state index in [0.29, 0.717) is 69.7 Å². The Balaban J connectivity index is 1.57. The first kappa shape index (κ1) is 22.4. The smallest absolute Gasteiger partial charge is 0.257 e. The first-order valence-electron chi connectivity index (χ1n) is 10.9. The second-order valence-electron chi connectivity index (χ2n) is 8.36. The van der Waals surface area contributed by atoms with Crippen LogP contribution in [0, 0.1) is 12.7 Å². The number of rotatable bonds is 6. The number of halogens is 1. The highest BCUT2D eigenvalue weighted by atomic mass is 19.1. The molecule has 1 N–H and O–H groups in total. The molecule has 3 aromatic heterocycles. The number of hydrogen-bond acceptors (Lipinski definition) is 8. The molecule has 178 valence electrons. The lowest BCUT2D eigenvalue weighted by atomic mass is 10.1. The van der Waals surface area contributed by atoms with Gasteiger partial charge in [-0.1, -0.05) is 6.07 Å². The van der Waals surface area contributed by atoms with Crippen LogP contribution in [-0.2, 0) is 20.0 Å². The van der Waals surface area contributed by atoms with Gasteiger partial charge in [0, 0.05) is 24.9 Å². The van der Waals surface area contributed by atoms with Crippen LogP contribution in [0.5, 0.6) is 5.75 Å². The third-order valence-corrected chi connectivity index (χ3v) is 5.80. The summed E-state index contributed by atoms with van der Waals surface area (Å²) in [6, 6.07) is 9.06. The number of methoxy groups -OCH3 is 1. The number of benzene rings is 1. The van der Waals surface area contributed by atoms with E-state index in [4.69, 9.17) is 9.72 Å². The Hall–Kier alpha value is -4.41. The van der Waals surface area contributed by atoms with E-state index in [-0.39, 0.29) is 11.7 Å². The van der Waals surface area contributed by atoms with Crippen LogP contribution in [-0.4, -0.2) is 55.1 Å². The summed E-state index contributed by atoms with van der Waals surface area (Å²) in [6.45, 7) is 2.09. The summed E-state index contributed by atoms with van der Waals surface area (Å²) >= 11 is 0. The Bertz CT molecular complexity index is 1450. The van der Waals surface area contributed by atoms with Gasteiger partial charge in [-0.2, -0.15) is 4.80 Å². The highest BCUT2D eigenvalue weighted by molar-refractivity contribution is 6.03. The third-order valence-electron chi connectivity index (χ3n) is 5.80. The number of pyridine rings is 2. The molecule has 4 aromatic rings. The standard InChI is InChI=1S/C24H23FN8O2/c1-13-8-14(26-11-17(13)25)9-15-10-19(21-20(27-15)12-32(2)24(21)34)28-18-7-5-6-16(22(18)35-4)23-29-31-33(3)30-23/h5-8,10-11H,9,12H2,1-4H3,(H,27,28). The van der Waals surface area contributed by atoms with E-state index in [1.165, 1.54) is 11.0 Å². The summed E-state index contributed by atoms with van der Waals surface area (Å²) in [6.07, 6.45) is 1.60. The van der Waals surface area contributed by atoms with Gasteiger partial charge in [0.25, 0.3) is 5.91 Å². The Morgan fingerprint density at radius 1 is 1.17 bits per heavy atom. The van der Waals surface area contributed by atoms with Crippen LogP contribution in [0.1, 0.15) is 33.0 Å². The normalized spacial score (nSPS) is 12.7. The monoisotopic (exact) mass is 474 g/mol. The summed E-state index contributed by atoms with van der Waals surface area (Å²) < 4.78 is 19.4. The molecule has 0 fully saturated rings. The van der Waals surface area contributed by atoms with Crippen molar-refractivity contribution >= 4 is 17.3 Å². The van der Waals surface area contributed by atoms with Gasteiger partial charge in [-0.25, -0.2) is 4.39 Å². The predicted octanol–water partition coefficient (Wildman–Crippen LogP) is 3.04. The molecule has 0 saturated heterocycles. The fourth-order valence-corrected chi connectivity index (χ4v) is 4.13. The number of tetrazole rings is 1. The highest BCUT2D eigenvalue weighted by Crippen LogP contribution is 2.38. The number of anilines is 2. The van der Waals surface area contributed by atoms with Gasteiger partial charge in [0.2, 0.25) is 5.82 Å². The van der Waals surface area contributed by atoms with Crippen LogP contribution >= 0.6 is 0 Å². The van der Waals surface area contributed by atoms with Crippen molar-refractivity contribution in [1.82, 2.24) is 35.1 Å². The van der Waals surface area contributed by atoms with E-state index >= 15 is 0 Å².